The molecule has 5 rings (SSSR count). The van der Waals surface area contributed by atoms with E-state index in [0.29, 0.717) is 19.9 Å². The topological polar surface area (TPSA) is 30.9 Å². The second-order valence-corrected chi connectivity index (χ2v) is 7.34. The van der Waals surface area contributed by atoms with E-state index in [1.54, 1.807) is 0 Å². The standard InChI is InChI=1S/C24H23NO3/c1-25-16-28-24-20-11-5-7-13-22(20)27-15-18-9-3-2-8-17(18)14-26-21-12-6-4-10-19(21)23(24)25/h2-13,23-24H,14-16H2,1H3/t23-,24+/m0/s1. The monoisotopic (exact) mass is 373 g/mol. The molecule has 2 heterocycles. The molecular weight excluding hydrogens is 350 g/mol. The minimum Gasteiger partial charge on any atom is -0.489 e. The van der Waals surface area contributed by atoms with Crippen LogP contribution in [0, 0.1) is 0 Å². The molecule has 0 aromatic heterocycles. The molecule has 1 fully saturated rings. The fourth-order valence-corrected chi connectivity index (χ4v) is 4.11. The second kappa shape index (κ2) is 7.30. The highest BCUT2D eigenvalue weighted by molar-refractivity contribution is 5.43. The van der Waals surface area contributed by atoms with E-state index >= 15 is 0 Å². The van der Waals surface area contributed by atoms with Crippen molar-refractivity contribution in [3.63, 3.8) is 0 Å². The summed E-state index contributed by atoms with van der Waals surface area (Å²) in [7, 11) is 2.09. The summed E-state index contributed by atoms with van der Waals surface area (Å²) in [4.78, 5) is 2.23. The van der Waals surface area contributed by atoms with Crippen LogP contribution in [0.5, 0.6) is 11.5 Å². The first-order valence-corrected chi connectivity index (χ1v) is 9.63. The van der Waals surface area contributed by atoms with Gasteiger partial charge in [0.15, 0.2) is 0 Å². The molecule has 4 nitrogen and oxygen atoms in total. The number of ether oxygens (including phenoxy) is 3. The second-order valence-electron chi connectivity index (χ2n) is 7.34. The Bertz CT molecular complexity index is 987. The number of hydrogen-bond acceptors (Lipinski definition) is 4. The van der Waals surface area contributed by atoms with Crippen LogP contribution in [-0.4, -0.2) is 18.7 Å². The van der Waals surface area contributed by atoms with E-state index in [4.69, 9.17) is 14.2 Å². The normalized spacial score (nSPS) is 21.6. The first kappa shape index (κ1) is 17.3. The Morgan fingerprint density at radius 1 is 0.714 bits per heavy atom. The van der Waals surface area contributed by atoms with Crippen molar-refractivity contribution in [1.82, 2.24) is 4.90 Å². The largest absolute Gasteiger partial charge is 0.489 e. The fourth-order valence-electron chi connectivity index (χ4n) is 4.11. The number of fused-ring (bicyclic) bond motifs is 6. The molecule has 0 amide bonds. The number of para-hydroxylation sites is 2. The summed E-state index contributed by atoms with van der Waals surface area (Å²) < 4.78 is 18.8. The highest BCUT2D eigenvalue weighted by Gasteiger charge is 2.38. The van der Waals surface area contributed by atoms with Crippen LogP contribution in [0.25, 0.3) is 0 Å². The zero-order valence-electron chi connectivity index (χ0n) is 15.9. The molecule has 3 aromatic rings. The molecule has 0 spiro atoms. The predicted octanol–water partition coefficient (Wildman–Crippen LogP) is 4.86. The van der Waals surface area contributed by atoms with Crippen molar-refractivity contribution in [1.29, 1.82) is 0 Å². The van der Waals surface area contributed by atoms with Gasteiger partial charge in [-0.1, -0.05) is 60.7 Å². The van der Waals surface area contributed by atoms with Crippen molar-refractivity contribution >= 4 is 0 Å². The first-order valence-electron chi connectivity index (χ1n) is 9.63. The summed E-state index contributed by atoms with van der Waals surface area (Å²) in [6, 6.07) is 24.8. The van der Waals surface area contributed by atoms with Gasteiger partial charge < -0.3 is 14.2 Å². The Kier molecular flexibility index (Phi) is 4.51. The summed E-state index contributed by atoms with van der Waals surface area (Å²) in [6.07, 6.45) is -0.111. The molecule has 3 aromatic carbocycles. The molecule has 0 N–H and O–H groups in total. The van der Waals surface area contributed by atoms with Crippen LogP contribution >= 0.6 is 0 Å². The maximum absolute atomic E-state index is 6.29. The third kappa shape index (κ3) is 3.05. The van der Waals surface area contributed by atoms with Gasteiger partial charge in [-0.05, 0) is 30.3 Å². The van der Waals surface area contributed by atoms with E-state index in [2.05, 4.69) is 48.3 Å². The van der Waals surface area contributed by atoms with Crippen LogP contribution in [0.3, 0.4) is 0 Å². The molecule has 1 saturated heterocycles. The molecule has 0 aliphatic carbocycles. The van der Waals surface area contributed by atoms with Gasteiger partial charge in [0.25, 0.3) is 0 Å². The molecule has 0 saturated carbocycles. The van der Waals surface area contributed by atoms with Crippen LogP contribution in [0.1, 0.15) is 34.4 Å². The molecule has 2 atom stereocenters. The quantitative estimate of drug-likeness (QED) is 0.563. The lowest BCUT2D eigenvalue weighted by atomic mass is 9.94. The molecule has 4 heteroatoms. The minimum atomic E-state index is -0.111. The lowest BCUT2D eigenvalue weighted by molar-refractivity contribution is 0.0898. The smallest absolute Gasteiger partial charge is 0.125 e. The molecule has 0 radical (unpaired) electrons. The lowest BCUT2D eigenvalue weighted by Crippen LogP contribution is -2.22. The maximum atomic E-state index is 6.29. The summed E-state index contributed by atoms with van der Waals surface area (Å²) in [5, 5.41) is 0. The molecule has 142 valence electrons. The summed E-state index contributed by atoms with van der Waals surface area (Å²) in [5.74, 6) is 1.78. The molecule has 0 bridgehead atoms. The Balaban J connectivity index is 1.67. The van der Waals surface area contributed by atoms with Crippen molar-refractivity contribution in [3.05, 3.63) is 95.1 Å². The van der Waals surface area contributed by atoms with E-state index in [-0.39, 0.29) is 12.1 Å². The first-order chi connectivity index (χ1) is 13.8. The van der Waals surface area contributed by atoms with E-state index < -0.39 is 0 Å². The van der Waals surface area contributed by atoms with Gasteiger partial charge in [0.05, 0.1) is 6.04 Å². The minimum absolute atomic E-state index is 0.0654. The molecule has 2 aliphatic heterocycles. The number of nitrogens with zero attached hydrogens (tertiary/aromatic N) is 1. The van der Waals surface area contributed by atoms with Gasteiger partial charge in [-0.15, -0.1) is 0 Å². The van der Waals surface area contributed by atoms with Crippen LogP contribution in [0.4, 0.5) is 0 Å². The SMILES string of the molecule is CN1CO[C@@H]2c3ccccc3OCc3ccccc3COc3ccccc3[C@@H]21. The van der Waals surface area contributed by atoms with Gasteiger partial charge in [-0.2, -0.15) is 0 Å². The van der Waals surface area contributed by atoms with Gasteiger partial charge >= 0.3 is 0 Å². The van der Waals surface area contributed by atoms with Gasteiger partial charge in [0.2, 0.25) is 0 Å². The zero-order chi connectivity index (χ0) is 18.9. The van der Waals surface area contributed by atoms with Crippen molar-refractivity contribution in [3.8, 4) is 11.5 Å². The number of rotatable bonds is 0. The average Bonchev–Trinajstić information content (AvgIpc) is 3.12. The Morgan fingerprint density at radius 2 is 1.25 bits per heavy atom. The zero-order valence-corrected chi connectivity index (χ0v) is 15.9. The van der Waals surface area contributed by atoms with Gasteiger partial charge in [-0.25, -0.2) is 0 Å². The van der Waals surface area contributed by atoms with Gasteiger partial charge in [-0.3, -0.25) is 4.90 Å². The van der Waals surface area contributed by atoms with Gasteiger partial charge in [0, 0.05) is 11.1 Å². The lowest BCUT2D eigenvalue weighted by Gasteiger charge is -2.27. The molecule has 0 unspecified atom stereocenters. The Hall–Kier alpha value is -2.82. The Morgan fingerprint density at radius 3 is 1.93 bits per heavy atom. The van der Waals surface area contributed by atoms with E-state index in [9.17, 15) is 0 Å². The predicted molar refractivity (Wildman–Crippen MR) is 107 cm³/mol. The van der Waals surface area contributed by atoms with Crippen LogP contribution < -0.4 is 9.47 Å². The van der Waals surface area contributed by atoms with Crippen molar-refractivity contribution in [2.45, 2.75) is 25.4 Å². The number of likely N-dealkylation sites (N-methyl/N-ethyl adjacent to an activating group) is 1. The van der Waals surface area contributed by atoms with Crippen LogP contribution in [-0.2, 0) is 18.0 Å². The third-order valence-corrected chi connectivity index (χ3v) is 5.57. The summed E-state index contributed by atoms with van der Waals surface area (Å²) >= 11 is 0. The van der Waals surface area contributed by atoms with Crippen molar-refractivity contribution < 1.29 is 14.2 Å². The van der Waals surface area contributed by atoms with E-state index in [1.165, 1.54) is 0 Å². The van der Waals surface area contributed by atoms with Crippen molar-refractivity contribution in [2.75, 3.05) is 13.8 Å². The molecule has 28 heavy (non-hydrogen) atoms. The number of hydrogen-bond donors (Lipinski definition) is 0. The number of benzene rings is 3. The summed E-state index contributed by atoms with van der Waals surface area (Å²) in [5.41, 5.74) is 4.49. The highest BCUT2D eigenvalue weighted by atomic mass is 16.5. The highest BCUT2D eigenvalue weighted by Crippen LogP contribution is 2.46. The summed E-state index contributed by atoms with van der Waals surface area (Å²) in [6.45, 7) is 1.59. The third-order valence-electron chi connectivity index (χ3n) is 5.57. The van der Waals surface area contributed by atoms with Gasteiger partial charge in [0.1, 0.15) is 37.5 Å². The van der Waals surface area contributed by atoms with E-state index in [1.807, 2.05) is 36.4 Å². The fraction of sp³-hybridized carbons (Fsp3) is 0.250. The van der Waals surface area contributed by atoms with Crippen LogP contribution in [0.2, 0.25) is 0 Å². The Labute approximate surface area is 165 Å². The maximum Gasteiger partial charge on any atom is 0.125 e. The molecular formula is C24H23NO3. The van der Waals surface area contributed by atoms with E-state index in [0.717, 1.165) is 33.8 Å². The molecule has 2 aliphatic rings. The average molecular weight is 373 g/mol. The van der Waals surface area contributed by atoms with Crippen LogP contribution in [0.15, 0.2) is 72.8 Å². The van der Waals surface area contributed by atoms with Crippen molar-refractivity contribution in [2.24, 2.45) is 0 Å².